The summed E-state index contributed by atoms with van der Waals surface area (Å²) in [5.41, 5.74) is 5.54. The predicted molar refractivity (Wildman–Crippen MR) is 58.9 cm³/mol. The van der Waals surface area contributed by atoms with Gasteiger partial charge in [-0.25, -0.2) is 0 Å². The van der Waals surface area contributed by atoms with Crippen molar-refractivity contribution in [1.29, 1.82) is 5.41 Å². The van der Waals surface area contributed by atoms with E-state index in [1.807, 2.05) is 0 Å². The van der Waals surface area contributed by atoms with Crippen LogP contribution in [0, 0.1) is 23.2 Å². The highest BCUT2D eigenvalue weighted by atomic mass is 14.7. The van der Waals surface area contributed by atoms with Crippen molar-refractivity contribution in [3.8, 4) is 0 Å². The van der Waals surface area contributed by atoms with E-state index in [1.165, 1.54) is 12.8 Å². The molecule has 0 aliphatic rings. The van der Waals surface area contributed by atoms with Gasteiger partial charge in [0.25, 0.3) is 0 Å². The van der Waals surface area contributed by atoms with Gasteiger partial charge in [0.05, 0.1) is 5.84 Å². The van der Waals surface area contributed by atoms with Crippen LogP contribution in [0.3, 0.4) is 0 Å². The lowest BCUT2D eigenvalue weighted by Gasteiger charge is -2.19. The number of hydrogen-bond acceptors (Lipinski definition) is 1. The van der Waals surface area contributed by atoms with Crippen molar-refractivity contribution in [3.63, 3.8) is 0 Å². The van der Waals surface area contributed by atoms with E-state index in [9.17, 15) is 0 Å². The van der Waals surface area contributed by atoms with E-state index in [2.05, 4.69) is 27.7 Å². The van der Waals surface area contributed by atoms with Crippen molar-refractivity contribution in [2.75, 3.05) is 0 Å². The van der Waals surface area contributed by atoms with Crippen LogP contribution in [0.25, 0.3) is 0 Å². The maximum Gasteiger partial charge on any atom is 0.0939 e. The second-order valence-corrected chi connectivity index (χ2v) is 4.63. The van der Waals surface area contributed by atoms with Crippen molar-refractivity contribution in [2.24, 2.45) is 23.5 Å². The third-order valence-electron chi connectivity index (χ3n) is 2.50. The second-order valence-electron chi connectivity index (χ2n) is 4.63. The zero-order valence-electron chi connectivity index (χ0n) is 9.43. The van der Waals surface area contributed by atoms with Crippen LogP contribution in [0.5, 0.6) is 0 Å². The van der Waals surface area contributed by atoms with E-state index in [1.54, 1.807) is 0 Å². The maximum atomic E-state index is 7.45. The fourth-order valence-corrected chi connectivity index (χ4v) is 1.59. The summed E-state index contributed by atoms with van der Waals surface area (Å²) in [6, 6.07) is 0. The van der Waals surface area contributed by atoms with Crippen molar-refractivity contribution < 1.29 is 0 Å². The van der Waals surface area contributed by atoms with Crippen LogP contribution in [-0.2, 0) is 0 Å². The number of nitrogens with two attached hydrogens (primary N) is 1. The molecule has 0 aromatic rings. The van der Waals surface area contributed by atoms with Crippen molar-refractivity contribution in [1.82, 2.24) is 0 Å². The van der Waals surface area contributed by atoms with E-state index in [0.717, 1.165) is 12.3 Å². The Morgan fingerprint density at radius 1 is 1.15 bits per heavy atom. The van der Waals surface area contributed by atoms with Gasteiger partial charge in [0.15, 0.2) is 0 Å². The number of nitrogens with one attached hydrogen (secondary N) is 1. The maximum absolute atomic E-state index is 7.45. The first-order valence-electron chi connectivity index (χ1n) is 5.29. The van der Waals surface area contributed by atoms with Gasteiger partial charge in [0.2, 0.25) is 0 Å². The van der Waals surface area contributed by atoms with Gasteiger partial charge in [0, 0.05) is 5.92 Å². The Morgan fingerprint density at radius 2 is 1.69 bits per heavy atom. The Kier molecular flexibility index (Phi) is 5.76. The smallest absolute Gasteiger partial charge is 0.0939 e. The molecule has 0 aromatic heterocycles. The molecule has 0 rings (SSSR count). The minimum atomic E-state index is 0.291. The molecule has 0 heterocycles. The Labute approximate surface area is 82.4 Å². The zero-order chi connectivity index (χ0) is 10.4. The summed E-state index contributed by atoms with van der Waals surface area (Å²) in [4.78, 5) is 0. The van der Waals surface area contributed by atoms with Gasteiger partial charge in [-0.3, -0.25) is 5.41 Å². The number of hydrogen-bond donors (Lipinski definition) is 2. The molecule has 2 nitrogen and oxygen atoms in total. The monoisotopic (exact) mass is 184 g/mol. The first-order chi connectivity index (χ1) is 5.95. The highest BCUT2D eigenvalue weighted by Gasteiger charge is 2.15. The van der Waals surface area contributed by atoms with Crippen LogP contribution in [0.1, 0.15) is 47.0 Å². The average Bonchev–Trinajstić information content (AvgIpc) is 1.95. The third kappa shape index (κ3) is 5.67. The van der Waals surface area contributed by atoms with Gasteiger partial charge in [-0.05, 0) is 18.3 Å². The molecular weight excluding hydrogens is 160 g/mol. The van der Waals surface area contributed by atoms with E-state index in [4.69, 9.17) is 11.1 Å². The minimum absolute atomic E-state index is 0.291. The molecule has 0 spiro atoms. The fraction of sp³-hybridized carbons (Fsp3) is 0.909. The Morgan fingerprint density at radius 3 is 2.00 bits per heavy atom. The molecule has 0 fully saturated rings. The summed E-state index contributed by atoms with van der Waals surface area (Å²) in [7, 11) is 0. The standard InChI is InChI=1S/C11H24N2/c1-8(2)6-5-7-10(9(3)4)11(12)13/h8-10H,5-7H2,1-4H3,(H3,12,13). The van der Waals surface area contributed by atoms with E-state index in [-0.39, 0.29) is 0 Å². The van der Waals surface area contributed by atoms with Gasteiger partial charge < -0.3 is 5.73 Å². The van der Waals surface area contributed by atoms with E-state index in [0.29, 0.717) is 17.7 Å². The molecule has 0 bridgehead atoms. The van der Waals surface area contributed by atoms with Gasteiger partial charge >= 0.3 is 0 Å². The summed E-state index contributed by atoms with van der Waals surface area (Å²) in [5, 5.41) is 7.45. The third-order valence-corrected chi connectivity index (χ3v) is 2.50. The lowest BCUT2D eigenvalue weighted by atomic mass is 9.88. The van der Waals surface area contributed by atoms with Crippen LogP contribution in [0.4, 0.5) is 0 Å². The number of rotatable bonds is 6. The second kappa shape index (κ2) is 6.01. The summed E-state index contributed by atoms with van der Waals surface area (Å²) < 4.78 is 0. The molecule has 78 valence electrons. The molecule has 0 aliphatic carbocycles. The zero-order valence-corrected chi connectivity index (χ0v) is 9.43. The van der Waals surface area contributed by atoms with Gasteiger partial charge in [-0.15, -0.1) is 0 Å². The Balaban J connectivity index is 3.77. The van der Waals surface area contributed by atoms with Crippen molar-refractivity contribution in [3.05, 3.63) is 0 Å². The lowest BCUT2D eigenvalue weighted by molar-refractivity contribution is 0.419. The molecule has 0 radical (unpaired) electrons. The van der Waals surface area contributed by atoms with Gasteiger partial charge in [-0.2, -0.15) is 0 Å². The van der Waals surface area contributed by atoms with Crippen molar-refractivity contribution >= 4 is 5.84 Å². The van der Waals surface area contributed by atoms with Crippen LogP contribution in [-0.4, -0.2) is 5.84 Å². The molecule has 1 unspecified atom stereocenters. The molecule has 1 atom stereocenters. The van der Waals surface area contributed by atoms with Crippen LogP contribution < -0.4 is 5.73 Å². The summed E-state index contributed by atoms with van der Waals surface area (Å²) in [6.45, 7) is 8.75. The highest BCUT2D eigenvalue weighted by Crippen LogP contribution is 2.19. The first kappa shape index (κ1) is 12.5. The molecule has 0 saturated carbocycles. The van der Waals surface area contributed by atoms with Crippen LogP contribution in [0.2, 0.25) is 0 Å². The molecule has 0 amide bonds. The Bertz CT molecular complexity index is 150. The normalized spacial score (nSPS) is 13.7. The summed E-state index contributed by atoms with van der Waals surface area (Å²) in [6.07, 6.45) is 3.52. The quantitative estimate of drug-likeness (QED) is 0.484. The minimum Gasteiger partial charge on any atom is -0.387 e. The van der Waals surface area contributed by atoms with Crippen molar-refractivity contribution in [2.45, 2.75) is 47.0 Å². The molecule has 13 heavy (non-hydrogen) atoms. The van der Waals surface area contributed by atoms with Crippen LogP contribution in [0.15, 0.2) is 0 Å². The highest BCUT2D eigenvalue weighted by molar-refractivity contribution is 5.79. The lowest BCUT2D eigenvalue weighted by Crippen LogP contribution is -2.26. The van der Waals surface area contributed by atoms with Gasteiger partial charge in [-0.1, -0.05) is 40.5 Å². The summed E-state index contributed by atoms with van der Waals surface area (Å²) in [5.74, 6) is 1.92. The molecular formula is C11H24N2. The first-order valence-corrected chi connectivity index (χ1v) is 5.29. The largest absolute Gasteiger partial charge is 0.387 e. The van der Waals surface area contributed by atoms with E-state index < -0.39 is 0 Å². The predicted octanol–water partition coefficient (Wildman–Crippen LogP) is 3.02. The molecule has 0 aliphatic heterocycles. The topological polar surface area (TPSA) is 49.9 Å². The SMILES string of the molecule is CC(C)CCCC(C(=N)N)C(C)C. The molecule has 2 heteroatoms. The van der Waals surface area contributed by atoms with Gasteiger partial charge in [0.1, 0.15) is 0 Å². The van der Waals surface area contributed by atoms with Crippen LogP contribution >= 0.6 is 0 Å². The fourth-order valence-electron chi connectivity index (χ4n) is 1.59. The average molecular weight is 184 g/mol. The molecule has 0 aromatic carbocycles. The summed E-state index contributed by atoms with van der Waals surface area (Å²) >= 11 is 0. The Hall–Kier alpha value is -0.530. The number of amidine groups is 1. The molecule has 0 saturated heterocycles. The molecule has 3 N–H and O–H groups in total. The van der Waals surface area contributed by atoms with E-state index >= 15 is 0 Å².